The summed E-state index contributed by atoms with van der Waals surface area (Å²) in [6.07, 6.45) is 1.59. The zero-order valence-electron chi connectivity index (χ0n) is 15.3. The first-order valence-electron chi connectivity index (χ1n) is 8.85. The zero-order chi connectivity index (χ0) is 20.0. The van der Waals surface area contributed by atoms with Gasteiger partial charge in [0.1, 0.15) is 17.6 Å². The zero-order valence-corrected chi connectivity index (χ0v) is 15.3. The maximum Gasteiger partial charge on any atom is 0.296 e. The maximum absolute atomic E-state index is 13.5. The highest BCUT2D eigenvalue weighted by Gasteiger charge is 2.46. The fourth-order valence-corrected chi connectivity index (χ4v) is 3.39. The van der Waals surface area contributed by atoms with Gasteiger partial charge in [0, 0.05) is 6.42 Å². The Bertz CT molecular complexity index is 1100. The summed E-state index contributed by atoms with van der Waals surface area (Å²) >= 11 is 0. The number of aromatic amines is 1. The lowest BCUT2D eigenvalue weighted by molar-refractivity contribution is -0.118. The van der Waals surface area contributed by atoms with Crippen LogP contribution in [0.1, 0.15) is 32.1 Å². The number of imidazole rings is 1. The molecular weight excluding hydrogens is 365 g/mol. The second-order valence-electron chi connectivity index (χ2n) is 7.10. The lowest BCUT2D eigenvalue weighted by atomic mass is 9.95. The number of nitrogens with one attached hydrogen (secondary N) is 1. The molecule has 1 aliphatic rings. The molecule has 4 rings (SSSR count). The molecule has 0 saturated heterocycles. The minimum atomic E-state index is -0.959. The van der Waals surface area contributed by atoms with Gasteiger partial charge in [0.15, 0.2) is 11.5 Å². The average molecular weight is 383 g/mol. The maximum atomic E-state index is 13.5. The van der Waals surface area contributed by atoms with E-state index in [-0.39, 0.29) is 29.6 Å². The van der Waals surface area contributed by atoms with E-state index >= 15 is 0 Å². The van der Waals surface area contributed by atoms with Gasteiger partial charge in [-0.05, 0) is 36.2 Å². The molecule has 2 aromatic heterocycles. The molecule has 1 atom stereocenters. The predicted octanol–water partition coefficient (Wildman–Crippen LogP) is 3.81. The number of aromatic nitrogens is 2. The van der Waals surface area contributed by atoms with Crippen LogP contribution in [-0.4, -0.2) is 26.8 Å². The first-order chi connectivity index (χ1) is 13.4. The van der Waals surface area contributed by atoms with Gasteiger partial charge in [0.05, 0.1) is 22.9 Å². The Morgan fingerprint density at radius 1 is 1.39 bits per heavy atom. The van der Waals surface area contributed by atoms with E-state index in [4.69, 9.17) is 4.42 Å². The van der Waals surface area contributed by atoms with Crippen LogP contribution in [0.25, 0.3) is 11.0 Å². The summed E-state index contributed by atoms with van der Waals surface area (Å²) in [6, 6.07) is 6.29. The van der Waals surface area contributed by atoms with Crippen LogP contribution in [0.2, 0.25) is 0 Å². The minimum absolute atomic E-state index is 0.0275. The Morgan fingerprint density at radius 3 is 2.86 bits per heavy atom. The number of ketones is 1. The summed E-state index contributed by atoms with van der Waals surface area (Å²) in [5.41, 5.74) is 0.812. The number of carbonyl (C=O) groups is 2. The Balaban J connectivity index is 1.84. The smallest absolute Gasteiger partial charge is 0.296 e. The van der Waals surface area contributed by atoms with Gasteiger partial charge in [0.2, 0.25) is 5.95 Å². The van der Waals surface area contributed by atoms with Crippen molar-refractivity contribution in [2.45, 2.75) is 26.3 Å². The number of Topliss-reactive ketones (excluding diaryl/α,β-unsaturated/α-hetero) is 1. The highest BCUT2D eigenvalue weighted by molar-refractivity contribution is 6.16. The van der Waals surface area contributed by atoms with Crippen LogP contribution in [-0.2, 0) is 9.59 Å². The van der Waals surface area contributed by atoms with Crippen molar-refractivity contribution in [3.05, 3.63) is 59.5 Å². The van der Waals surface area contributed by atoms with E-state index in [0.29, 0.717) is 16.8 Å². The Kier molecular flexibility index (Phi) is 4.26. The number of carbonyl (C=O) groups excluding carboxylic acids is 2. The molecule has 1 aliphatic heterocycles. The topological polar surface area (TPSA) is 99.4 Å². The number of halogens is 1. The van der Waals surface area contributed by atoms with Crippen molar-refractivity contribution in [3.63, 3.8) is 0 Å². The highest BCUT2D eigenvalue weighted by atomic mass is 19.1. The lowest BCUT2D eigenvalue weighted by Gasteiger charge is -2.22. The Morgan fingerprint density at radius 2 is 2.18 bits per heavy atom. The molecular formula is C20H18FN3O4. The third kappa shape index (κ3) is 2.87. The molecule has 0 fully saturated rings. The molecule has 1 aromatic carbocycles. The molecule has 0 bridgehead atoms. The molecule has 3 heterocycles. The fraction of sp³-hybridized carbons (Fsp3) is 0.250. The summed E-state index contributed by atoms with van der Waals surface area (Å²) < 4.78 is 19.0. The third-order valence-corrected chi connectivity index (χ3v) is 4.57. The molecule has 7 nitrogen and oxygen atoms in total. The average Bonchev–Trinajstić information content (AvgIpc) is 3.33. The quantitative estimate of drug-likeness (QED) is 0.698. The minimum Gasteiger partial charge on any atom is -0.503 e. The van der Waals surface area contributed by atoms with Crippen molar-refractivity contribution in [2.24, 2.45) is 5.92 Å². The van der Waals surface area contributed by atoms with Crippen LogP contribution in [0.5, 0.6) is 0 Å². The molecule has 2 N–H and O–H groups in total. The SMILES string of the molecule is CC(C)CC(=O)C1=C(O)C(=O)N(c2nc3ccc(F)cc3[nH]2)C1c1ccco1. The second-order valence-corrected chi connectivity index (χ2v) is 7.10. The van der Waals surface area contributed by atoms with E-state index in [1.54, 1.807) is 12.1 Å². The van der Waals surface area contributed by atoms with Crippen molar-refractivity contribution >= 4 is 28.7 Å². The largest absolute Gasteiger partial charge is 0.503 e. The van der Waals surface area contributed by atoms with E-state index in [2.05, 4.69) is 9.97 Å². The number of benzene rings is 1. The molecule has 0 aliphatic carbocycles. The normalized spacial score (nSPS) is 17.4. The van der Waals surface area contributed by atoms with Gasteiger partial charge in [-0.2, -0.15) is 0 Å². The number of rotatable bonds is 5. The van der Waals surface area contributed by atoms with Crippen LogP contribution in [0.3, 0.4) is 0 Å². The van der Waals surface area contributed by atoms with Gasteiger partial charge in [-0.25, -0.2) is 9.37 Å². The molecule has 8 heteroatoms. The van der Waals surface area contributed by atoms with Crippen LogP contribution in [0, 0.1) is 11.7 Å². The lowest BCUT2D eigenvalue weighted by Crippen LogP contribution is -2.31. The Labute approximate surface area is 159 Å². The van der Waals surface area contributed by atoms with Crippen molar-refractivity contribution in [2.75, 3.05) is 4.90 Å². The molecule has 0 saturated carbocycles. The summed E-state index contributed by atoms with van der Waals surface area (Å²) in [4.78, 5) is 34.0. The molecule has 144 valence electrons. The molecule has 0 spiro atoms. The predicted molar refractivity (Wildman–Crippen MR) is 99.1 cm³/mol. The monoisotopic (exact) mass is 383 g/mol. The van der Waals surface area contributed by atoms with E-state index < -0.39 is 23.5 Å². The number of fused-ring (bicyclic) bond motifs is 1. The molecule has 1 amide bonds. The molecule has 0 radical (unpaired) electrons. The standard InChI is InChI=1S/C20H18FN3O4/c1-10(2)8-14(25)16-17(15-4-3-7-28-15)24(19(27)18(16)26)20-22-12-6-5-11(21)9-13(12)23-20/h3-7,9-10,17,26H,8H2,1-2H3,(H,22,23). The molecule has 3 aromatic rings. The van der Waals surface area contributed by atoms with Gasteiger partial charge in [-0.1, -0.05) is 13.8 Å². The van der Waals surface area contributed by atoms with E-state index in [9.17, 15) is 19.1 Å². The van der Waals surface area contributed by atoms with Gasteiger partial charge >= 0.3 is 0 Å². The summed E-state index contributed by atoms with van der Waals surface area (Å²) in [7, 11) is 0. The summed E-state index contributed by atoms with van der Waals surface area (Å²) in [5, 5.41) is 10.5. The van der Waals surface area contributed by atoms with Crippen LogP contribution in [0.4, 0.5) is 10.3 Å². The number of anilines is 1. The number of nitrogens with zero attached hydrogens (tertiary/aromatic N) is 2. The molecule has 28 heavy (non-hydrogen) atoms. The van der Waals surface area contributed by atoms with Crippen LogP contribution in [0.15, 0.2) is 52.3 Å². The Hall–Kier alpha value is -3.42. The number of aliphatic hydroxyl groups is 1. The van der Waals surface area contributed by atoms with Crippen molar-refractivity contribution in [1.29, 1.82) is 0 Å². The summed E-state index contributed by atoms with van der Waals surface area (Å²) in [6.45, 7) is 3.75. The number of hydrogen-bond donors (Lipinski definition) is 2. The van der Waals surface area contributed by atoms with E-state index in [1.807, 2.05) is 13.8 Å². The number of amides is 1. The van der Waals surface area contributed by atoms with E-state index in [1.165, 1.54) is 29.4 Å². The van der Waals surface area contributed by atoms with Crippen molar-refractivity contribution in [1.82, 2.24) is 9.97 Å². The number of furan rings is 1. The number of H-pyrrole nitrogens is 1. The van der Waals surface area contributed by atoms with E-state index in [0.717, 1.165) is 0 Å². The van der Waals surface area contributed by atoms with Gasteiger partial charge < -0.3 is 14.5 Å². The van der Waals surface area contributed by atoms with Gasteiger partial charge in [-0.15, -0.1) is 0 Å². The molecule has 1 unspecified atom stereocenters. The van der Waals surface area contributed by atoms with Gasteiger partial charge in [-0.3, -0.25) is 14.5 Å². The van der Waals surface area contributed by atoms with Crippen LogP contribution < -0.4 is 4.90 Å². The number of aliphatic hydroxyl groups excluding tert-OH is 1. The van der Waals surface area contributed by atoms with Crippen molar-refractivity contribution < 1.29 is 23.5 Å². The summed E-state index contributed by atoms with van der Waals surface area (Å²) in [5.74, 6) is -1.74. The van der Waals surface area contributed by atoms with Gasteiger partial charge in [0.25, 0.3) is 5.91 Å². The highest BCUT2D eigenvalue weighted by Crippen LogP contribution is 2.41. The third-order valence-electron chi connectivity index (χ3n) is 4.57. The van der Waals surface area contributed by atoms with Crippen LogP contribution >= 0.6 is 0 Å². The first kappa shape index (κ1) is 18.0. The van der Waals surface area contributed by atoms with Crippen molar-refractivity contribution in [3.8, 4) is 0 Å². The number of hydrogen-bond acceptors (Lipinski definition) is 5. The first-order valence-corrected chi connectivity index (χ1v) is 8.85. The second kappa shape index (κ2) is 6.63. The fourth-order valence-electron chi connectivity index (χ4n) is 3.39.